The molecule has 1 aromatic carbocycles. The van der Waals surface area contributed by atoms with Gasteiger partial charge < -0.3 is 14.9 Å². The summed E-state index contributed by atoms with van der Waals surface area (Å²) in [4.78, 5) is 13.8. The van der Waals surface area contributed by atoms with Gasteiger partial charge in [0.05, 0.1) is 0 Å². The predicted molar refractivity (Wildman–Crippen MR) is 56.2 cm³/mol. The predicted octanol–water partition coefficient (Wildman–Crippen LogP) is 1.10. The summed E-state index contributed by atoms with van der Waals surface area (Å²) < 4.78 is 0. The lowest BCUT2D eigenvalue weighted by atomic mass is 10.0. The number of hydrogen-bond donors (Lipinski definition) is 1. The molecule has 1 N–H and O–H groups in total. The summed E-state index contributed by atoms with van der Waals surface area (Å²) in [6.07, 6.45) is 2.37. The quantitative estimate of drug-likeness (QED) is 0.810. The van der Waals surface area contributed by atoms with Gasteiger partial charge >= 0.3 is 0 Å². The molecular weight excluding hydrogens is 190 g/mol. The number of carbonyl (C=O) groups excluding carboxylic acids is 1. The van der Waals surface area contributed by atoms with Crippen LogP contribution in [0.3, 0.4) is 0 Å². The number of H-pyrrole nitrogens is 1. The maximum Gasteiger partial charge on any atom is 0.0456 e. The van der Waals surface area contributed by atoms with Crippen molar-refractivity contribution < 1.29 is 9.90 Å². The molecule has 0 aliphatic heterocycles. The molecule has 0 bridgehead atoms. The van der Waals surface area contributed by atoms with Gasteiger partial charge in [-0.2, -0.15) is 0 Å². The van der Waals surface area contributed by atoms with Gasteiger partial charge in [0.2, 0.25) is 0 Å². The molecule has 1 aromatic heterocycles. The van der Waals surface area contributed by atoms with Crippen molar-refractivity contribution >= 4 is 16.9 Å². The first-order valence-electron chi connectivity index (χ1n) is 4.94. The van der Waals surface area contributed by atoms with Crippen LogP contribution < -0.4 is 5.11 Å². The number of para-hydroxylation sites is 1. The van der Waals surface area contributed by atoms with Crippen LogP contribution in [0, 0.1) is 5.92 Å². The fourth-order valence-corrected chi connectivity index (χ4v) is 1.71. The first kappa shape index (κ1) is 9.77. The lowest BCUT2D eigenvalue weighted by Crippen LogP contribution is -2.30. The molecule has 2 rings (SSSR count). The fraction of sp³-hybridized carbons (Fsp3) is 0.250. The van der Waals surface area contributed by atoms with Gasteiger partial charge in [0.15, 0.2) is 0 Å². The SMILES string of the molecule is C[C@H](Cc1c[nH]c2ccccc12)C(=O)[O-]. The van der Waals surface area contributed by atoms with Gasteiger partial charge in [-0.25, -0.2) is 0 Å². The second kappa shape index (κ2) is 3.77. The van der Waals surface area contributed by atoms with Crippen molar-refractivity contribution in [1.29, 1.82) is 0 Å². The highest BCUT2D eigenvalue weighted by molar-refractivity contribution is 5.83. The first-order chi connectivity index (χ1) is 7.18. The molecule has 0 saturated carbocycles. The normalized spacial score (nSPS) is 12.9. The molecule has 15 heavy (non-hydrogen) atoms. The number of carbonyl (C=O) groups is 1. The van der Waals surface area contributed by atoms with E-state index in [1.807, 2.05) is 30.5 Å². The third kappa shape index (κ3) is 1.86. The lowest BCUT2D eigenvalue weighted by molar-refractivity contribution is -0.310. The topological polar surface area (TPSA) is 55.9 Å². The lowest BCUT2D eigenvalue weighted by Gasteiger charge is -2.11. The van der Waals surface area contributed by atoms with Crippen molar-refractivity contribution in [2.24, 2.45) is 5.92 Å². The van der Waals surface area contributed by atoms with Crippen LogP contribution in [-0.2, 0) is 11.2 Å². The Hall–Kier alpha value is -1.77. The minimum atomic E-state index is -1.000. The van der Waals surface area contributed by atoms with E-state index in [9.17, 15) is 9.90 Å². The summed E-state index contributed by atoms with van der Waals surface area (Å²) >= 11 is 0. The monoisotopic (exact) mass is 202 g/mol. The molecule has 0 saturated heterocycles. The highest BCUT2D eigenvalue weighted by Crippen LogP contribution is 2.20. The molecule has 0 fully saturated rings. The van der Waals surface area contributed by atoms with E-state index in [1.54, 1.807) is 6.92 Å². The minimum Gasteiger partial charge on any atom is -0.550 e. The van der Waals surface area contributed by atoms with Crippen molar-refractivity contribution in [2.45, 2.75) is 13.3 Å². The third-order valence-corrected chi connectivity index (χ3v) is 2.60. The van der Waals surface area contributed by atoms with Crippen LogP contribution in [0.4, 0.5) is 0 Å². The van der Waals surface area contributed by atoms with Gasteiger partial charge in [-0.15, -0.1) is 0 Å². The van der Waals surface area contributed by atoms with E-state index in [0.29, 0.717) is 6.42 Å². The van der Waals surface area contributed by atoms with Gasteiger partial charge in [0.1, 0.15) is 0 Å². The van der Waals surface area contributed by atoms with E-state index in [0.717, 1.165) is 16.5 Å². The van der Waals surface area contributed by atoms with E-state index >= 15 is 0 Å². The molecule has 0 amide bonds. The Morgan fingerprint density at radius 2 is 2.20 bits per heavy atom. The van der Waals surface area contributed by atoms with E-state index in [4.69, 9.17) is 0 Å². The summed E-state index contributed by atoms with van der Waals surface area (Å²) in [6, 6.07) is 7.86. The fourth-order valence-electron chi connectivity index (χ4n) is 1.71. The van der Waals surface area contributed by atoms with E-state index in [1.165, 1.54) is 0 Å². The second-order valence-corrected chi connectivity index (χ2v) is 3.78. The van der Waals surface area contributed by atoms with Crippen LogP contribution in [0.15, 0.2) is 30.5 Å². The molecular formula is C12H12NO2-. The third-order valence-electron chi connectivity index (χ3n) is 2.60. The Bertz CT molecular complexity index is 487. The largest absolute Gasteiger partial charge is 0.550 e. The molecule has 0 unspecified atom stereocenters. The Morgan fingerprint density at radius 1 is 1.47 bits per heavy atom. The molecule has 0 radical (unpaired) electrons. The molecule has 0 aliphatic carbocycles. The average Bonchev–Trinajstić information content (AvgIpc) is 2.62. The molecule has 0 spiro atoms. The maximum absolute atomic E-state index is 10.6. The number of fused-ring (bicyclic) bond motifs is 1. The van der Waals surface area contributed by atoms with Crippen LogP contribution in [0.5, 0.6) is 0 Å². The molecule has 3 heteroatoms. The van der Waals surface area contributed by atoms with Crippen molar-refractivity contribution in [3.05, 3.63) is 36.0 Å². The zero-order valence-corrected chi connectivity index (χ0v) is 8.49. The summed E-state index contributed by atoms with van der Waals surface area (Å²) in [6.45, 7) is 1.66. The number of hydrogen-bond acceptors (Lipinski definition) is 2. The minimum absolute atomic E-state index is 0.454. The number of nitrogens with one attached hydrogen (secondary N) is 1. The number of carboxylic acid groups (broad SMARTS) is 1. The Balaban J connectivity index is 2.32. The summed E-state index contributed by atoms with van der Waals surface area (Å²) in [5.41, 5.74) is 2.07. The number of aromatic amines is 1. The van der Waals surface area contributed by atoms with Gasteiger partial charge in [0, 0.05) is 23.1 Å². The highest BCUT2D eigenvalue weighted by Gasteiger charge is 2.08. The summed E-state index contributed by atoms with van der Waals surface area (Å²) in [5.74, 6) is -1.45. The Morgan fingerprint density at radius 3 is 2.93 bits per heavy atom. The zero-order chi connectivity index (χ0) is 10.8. The Kier molecular flexibility index (Phi) is 2.46. The van der Waals surface area contributed by atoms with Crippen LogP contribution in [0.2, 0.25) is 0 Å². The number of aromatic nitrogens is 1. The van der Waals surface area contributed by atoms with Gasteiger partial charge in [-0.1, -0.05) is 25.1 Å². The van der Waals surface area contributed by atoms with Crippen molar-refractivity contribution in [3.63, 3.8) is 0 Å². The van der Waals surface area contributed by atoms with Crippen LogP contribution in [0.25, 0.3) is 10.9 Å². The number of carboxylic acids is 1. The Labute approximate surface area is 87.7 Å². The van der Waals surface area contributed by atoms with Crippen LogP contribution in [0.1, 0.15) is 12.5 Å². The molecule has 2 aromatic rings. The van der Waals surface area contributed by atoms with Crippen molar-refractivity contribution in [1.82, 2.24) is 4.98 Å². The zero-order valence-electron chi connectivity index (χ0n) is 8.49. The summed E-state index contributed by atoms with van der Waals surface area (Å²) in [7, 11) is 0. The summed E-state index contributed by atoms with van der Waals surface area (Å²) in [5, 5.41) is 11.7. The number of benzene rings is 1. The van der Waals surface area contributed by atoms with Gasteiger partial charge in [-0.05, 0) is 24.0 Å². The molecule has 3 nitrogen and oxygen atoms in total. The van der Waals surface area contributed by atoms with Crippen molar-refractivity contribution in [3.8, 4) is 0 Å². The van der Waals surface area contributed by atoms with Gasteiger partial charge in [-0.3, -0.25) is 0 Å². The van der Waals surface area contributed by atoms with E-state index < -0.39 is 11.9 Å². The smallest absolute Gasteiger partial charge is 0.0456 e. The maximum atomic E-state index is 10.6. The number of rotatable bonds is 3. The first-order valence-corrected chi connectivity index (χ1v) is 4.94. The molecule has 1 heterocycles. The van der Waals surface area contributed by atoms with Crippen LogP contribution in [-0.4, -0.2) is 11.0 Å². The molecule has 0 aliphatic rings. The van der Waals surface area contributed by atoms with E-state index in [-0.39, 0.29) is 0 Å². The molecule has 1 atom stereocenters. The number of aliphatic carboxylic acids is 1. The second-order valence-electron chi connectivity index (χ2n) is 3.78. The van der Waals surface area contributed by atoms with Crippen molar-refractivity contribution in [2.75, 3.05) is 0 Å². The highest BCUT2D eigenvalue weighted by atomic mass is 16.4. The van der Waals surface area contributed by atoms with E-state index in [2.05, 4.69) is 4.98 Å². The molecule has 78 valence electrons. The van der Waals surface area contributed by atoms with Gasteiger partial charge in [0.25, 0.3) is 0 Å². The standard InChI is InChI=1S/C12H13NO2/c1-8(12(14)15)6-9-7-13-11-5-3-2-4-10(9)11/h2-5,7-8,13H,6H2,1H3,(H,14,15)/p-1/t8-/m1/s1. The average molecular weight is 202 g/mol. The van der Waals surface area contributed by atoms with Crippen LogP contribution >= 0.6 is 0 Å².